The molecule has 0 fully saturated rings. The Morgan fingerprint density at radius 1 is 0.810 bits per heavy atom. The minimum Gasteiger partial charge on any atom is -0.748 e. The third-order valence-electron chi connectivity index (χ3n) is 3.43. The molecule has 0 nitrogen and oxygen atoms in total. The van der Waals surface area contributed by atoms with Crippen molar-refractivity contribution in [2.45, 2.75) is 18.6 Å². The molecular weight excluding hydrogens is 312 g/mol. The molecule has 0 heterocycles. The zero-order chi connectivity index (χ0) is 14.2. The summed E-state index contributed by atoms with van der Waals surface area (Å²) < 4.78 is 0. The van der Waals surface area contributed by atoms with Gasteiger partial charge in [-0.3, -0.25) is 0 Å². The zero-order valence-corrected chi connectivity index (χ0v) is 14.9. The van der Waals surface area contributed by atoms with Crippen LogP contribution in [0.2, 0.25) is 13.1 Å². The summed E-state index contributed by atoms with van der Waals surface area (Å²) in [5, 5.41) is 0. The Balaban J connectivity index is 0.000000313. The molecule has 2 heteroatoms. The summed E-state index contributed by atoms with van der Waals surface area (Å²) in [4.78, 5) is 0. The van der Waals surface area contributed by atoms with Gasteiger partial charge < -0.3 is 30.3 Å². The fourth-order valence-corrected chi connectivity index (χ4v) is 4.52. The molecule has 0 aliphatic rings. The molecule has 0 bridgehead atoms. The molecule has 0 aliphatic heterocycles. The molecule has 1 atom stereocenters. The second-order valence-electron chi connectivity index (χ2n) is 5.31. The maximum atomic E-state index is 2.42. The number of rotatable bonds is 3. The molecule has 0 spiro atoms. The van der Waals surface area contributed by atoms with E-state index in [-0.39, 0.29) is 17.1 Å². The second kappa shape index (κ2) is 9.57. The first-order chi connectivity index (χ1) is 9.79. The van der Waals surface area contributed by atoms with Gasteiger partial charge in [-0.05, 0) is 5.54 Å². The quantitative estimate of drug-likeness (QED) is 0.469. The molecule has 0 radical (unpaired) electrons. The first kappa shape index (κ1) is 17.7. The van der Waals surface area contributed by atoms with Gasteiger partial charge in [-0.2, -0.15) is 17.7 Å². The Labute approximate surface area is 140 Å². The summed E-state index contributed by atoms with van der Waals surface area (Å²) >= 11 is 0. The number of hydrogen-bond acceptors (Lipinski definition) is 0. The van der Waals surface area contributed by atoms with Gasteiger partial charge >= 0.3 is 0 Å². The van der Waals surface area contributed by atoms with Crippen molar-refractivity contribution in [2.24, 2.45) is 0 Å². The van der Waals surface area contributed by atoms with Crippen molar-refractivity contribution in [3.05, 3.63) is 96.1 Å². The molecule has 0 N–H and O–H groups in total. The van der Waals surface area contributed by atoms with Crippen molar-refractivity contribution in [1.29, 1.82) is 0 Å². The van der Waals surface area contributed by atoms with E-state index in [0.717, 1.165) is 0 Å². The summed E-state index contributed by atoms with van der Waals surface area (Å²) in [6.45, 7) is 4.84. The molecule has 116 valence electrons. The van der Waals surface area contributed by atoms with E-state index in [2.05, 4.69) is 67.7 Å². The maximum absolute atomic E-state index is 2.42. The van der Waals surface area contributed by atoms with Crippen molar-refractivity contribution < 1.29 is 17.1 Å². The van der Waals surface area contributed by atoms with Gasteiger partial charge in [0.1, 0.15) is 0 Å². The predicted molar refractivity (Wildman–Crippen MR) is 91.2 cm³/mol. The first-order valence-electron chi connectivity index (χ1n) is 7.22. The van der Waals surface area contributed by atoms with E-state index < -0.39 is 8.80 Å². The van der Waals surface area contributed by atoms with E-state index in [1.54, 1.807) is 0 Å². The minimum atomic E-state index is -0.705. The topological polar surface area (TPSA) is 0 Å². The first-order valence-corrected chi connectivity index (χ1v) is 10.2. The second-order valence-corrected chi connectivity index (χ2v) is 8.47. The van der Waals surface area contributed by atoms with Gasteiger partial charge in [-0.25, -0.2) is 12.1 Å². The number of benzene rings is 1. The molecule has 0 saturated carbocycles. The Morgan fingerprint density at radius 2 is 1.29 bits per heavy atom. The molecule has 3 aromatic rings. The van der Waals surface area contributed by atoms with Gasteiger partial charge in [0.15, 0.2) is 0 Å². The van der Waals surface area contributed by atoms with Crippen molar-refractivity contribution in [2.75, 3.05) is 0 Å². The van der Waals surface area contributed by atoms with Crippen molar-refractivity contribution in [1.82, 2.24) is 0 Å². The van der Waals surface area contributed by atoms with Crippen molar-refractivity contribution >= 4 is 8.80 Å². The van der Waals surface area contributed by atoms with Gasteiger partial charge in [-0.15, -0.1) is 0 Å². The van der Waals surface area contributed by atoms with Crippen LogP contribution in [-0.4, -0.2) is 8.80 Å². The zero-order valence-electron chi connectivity index (χ0n) is 12.6. The fourth-order valence-electron chi connectivity index (χ4n) is 2.54. The van der Waals surface area contributed by atoms with E-state index in [4.69, 9.17) is 0 Å². The molecule has 21 heavy (non-hydrogen) atoms. The summed E-state index contributed by atoms with van der Waals surface area (Å²) in [6, 6.07) is 29.7. The summed E-state index contributed by atoms with van der Waals surface area (Å²) in [5.74, 6) is 0. The van der Waals surface area contributed by atoms with Crippen LogP contribution in [0.4, 0.5) is 0 Å². The fraction of sp³-hybridized carbons (Fsp3) is 0.158. The largest absolute Gasteiger partial charge is 0.748 e. The van der Waals surface area contributed by atoms with E-state index in [1.165, 1.54) is 11.1 Å². The van der Waals surface area contributed by atoms with Crippen LogP contribution in [0.3, 0.4) is 0 Å². The monoisotopic (exact) mass is 334 g/mol. The van der Waals surface area contributed by atoms with Crippen LogP contribution < -0.4 is 0 Å². The van der Waals surface area contributed by atoms with Crippen LogP contribution in [0, 0.1) is 0 Å². The van der Waals surface area contributed by atoms with Gasteiger partial charge in [0.25, 0.3) is 0 Å². The van der Waals surface area contributed by atoms with Crippen LogP contribution in [0.25, 0.3) is 0 Å². The van der Waals surface area contributed by atoms with Gasteiger partial charge in [-0.1, -0.05) is 49.0 Å². The van der Waals surface area contributed by atoms with E-state index in [0.29, 0.717) is 5.54 Å². The molecule has 0 aliphatic carbocycles. The van der Waals surface area contributed by atoms with E-state index in [9.17, 15) is 0 Å². The maximum Gasteiger partial charge on any atom is 0.0309 e. The molecule has 3 rings (SSSR count). The normalized spacial score (nSPS) is 11.2. The predicted octanol–water partition coefficient (Wildman–Crippen LogP) is 4.97. The SMILES string of the molecule is C[SiH](C)C(c1ccccc1)[c-]1cccc1.[Fe].[cH-]1[cH-][cH-][cH-][cH-]1. The van der Waals surface area contributed by atoms with Gasteiger partial charge in [0.05, 0.1) is 0 Å². The Morgan fingerprint density at radius 3 is 1.71 bits per heavy atom. The van der Waals surface area contributed by atoms with Gasteiger partial charge in [0.2, 0.25) is 0 Å². The molecule has 1 unspecified atom stereocenters. The Bertz CT molecular complexity index is 536. The van der Waals surface area contributed by atoms with Crippen LogP contribution in [-0.2, 0) is 17.1 Å². The minimum absolute atomic E-state index is 0. The summed E-state index contributed by atoms with van der Waals surface area (Å²) in [6.07, 6.45) is 0. The van der Waals surface area contributed by atoms with Crippen LogP contribution in [0.5, 0.6) is 0 Å². The van der Waals surface area contributed by atoms with Crippen LogP contribution >= 0.6 is 0 Å². The average Bonchev–Trinajstić information content (AvgIpc) is 3.16. The van der Waals surface area contributed by atoms with E-state index >= 15 is 0 Å². The molecule has 3 aromatic carbocycles. The molecule has 0 aromatic heterocycles. The van der Waals surface area contributed by atoms with Crippen molar-refractivity contribution in [3.63, 3.8) is 0 Å². The van der Waals surface area contributed by atoms with Crippen LogP contribution in [0.15, 0.2) is 84.9 Å². The Hall–Kier alpha value is -1.34. The third kappa shape index (κ3) is 5.51. The Kier molecular flexibility index (Phi) is 8.07. The summed E-state index contributed by atoms with van der Waals surface area (Å²) in [5.41, 5.74) is 3.63. The van der Waals surface area contributed by atoms with Gasteiger partial charge in [0, 0.05) is 25.9 Å². The smallest absolute Gasteiger partial charge is 0.0309 e. The molecule has 0 amide bonds. The standard InChI is InChI=1S/C14H17Si.C5H5.Fe/c1-15(2)14(13-10-6-7-11-13)12-8-4-3-5-9-12;1-2-4-5-3-1;/h3-11,14-15H,1-2H3;1-5H;/q-1;-5;. The molecular formula is C19H22FeSi-6. The molecule has 0 saturated heterocycles. The average molecular weight is 334 g/mol. The van der Waals surface area contributed by atoms with Crippen LogP contribution in [0.1, 0.15) is 16.7 Å². The summed E-state index contributed by atoms with van der Waals surface area (Å²) in [7, 11) is -0.705. The van der Waals surface area contributed by atoms with E-state index in [1.807, 2.05) is 30.3 Å². The third-order valence-corrected chi connectivity index (χ3v) is 5.53. The van der Waals surface area contributed by atoms with Crippen molar-refractivity contribution in [3.8, 4) is 0 Å². The number of hydrogen-bond donors (Lipinski definition) is 0.